The van der Waals surface area contributed by atoms with Gasteiger partial charge >= 0.3 is 5.97 Å². The molecule has 2 unspecified atom stereocenters. The molecule has 1 aliphatic rings. The molecule has 1 fully saturated rings. The van der Waals surface area contributed by atoms with E-state index in [1.165, 1.54) is 0 Å². The Morgan fingerprint density at radius 3 is 2.38 bits per heavy atom. The normalized spacial score (nSPS) is 34.8. The number of carboxylic acids is 1. The Kier molecular flexibility index (Phi) is 1.93. The molecule has 0 bridgehead atoms. The predicted molar refractivity (Wildman–Crippen MR) is 48.2 cm³/mol. The second-order valence-corrected chi connectivity index (χ2v) is 4.40. The number of alkyl halides is 1. The highest BCUT2D eigenvalue weighted by Crippen LogP contribution is 2.68. The zero-order valence-electron chi connectivity index (χ0n) is 7.47. The van der Waals surface area contributed by atoms with E-state index in [1.54, 1.807) is 13.8 Å². The fraction of sp³-hybridized carbons (Fsp3) is 0.556. The van der Waals surface area contributed by atoms with Crippen LogP contribution < -0.4 is 0 Å². The number of rotatable bonds is 2. The van der Waals surface area contributed by atoms with Crippen LogP contribution in [0, 0.1) is 22.7 Å². The number of hydrogen-bond donors (Lipinski definition) is 1. The van der Waals surface area contributed by atoms with Crippen molar-refractivity contribution < 1.29 is 9.90 Å². The number of nitrogens with zero attached hydrogens (tertiary/aromatic N) is 1. The van der Waals surface area contributed by atoms with Crippen molar-refractivity contribution in [2.24, 2.45) is 11.3 Å². The van der Waals surface area contributed by atoms with Crippen molar-refractivity contribution in [3.63, 3.8) is 0 Å². The highest BCUT2D eigenvalue weighted by molar-refractivity contribution is 6.37. The van der Waals surface area contributed by atoms with E-state index < -0.39 is 22.2 Å². The van der Waals surface area contributed by atoms with Gasteiger partial charge in [-0.2, -0.15) is 5.26 Å². The summed E-state index contributed by atoms with van der Waals surface area (Å²) in [7, 11) is 0. The van der Waals surface area contributed by atoms with Gasteiger partial charge in [-0.15, -0.1) is 11.6 Å². The largest absolute Gasteiger partial charge is 0.480 e. The van der Waals surface area contributed by atoms with Crippen LogP contribution >= 0.6 is 11.6 Å². The standard InChI is InChI=1S/C9H10ClNO2/c1-5(4-11)6-8(2,3)9(6,10)7(12)13/h6H,1H2,2-3H3,(H,12,13). The SMILES string of the molecule is C=C(C#N)C1C(C)(C)C1(Cl)C(=O)O. The van der Waals surface area contributed by atoms with E-state index in [-0.39, 0.29) is 5.57 Å². The number of allylic oxidation sites excluding steroid dienone is 1. The molecule has 70 valence electrons. The molecule has 1 saturated carbocycles. The summed E-state index contributed by atoms with van der Waals surface area (Å²) in [6, 6.07) is 1.85. The molecule has 0 heterocycles. The summed E-state index contributed by atoms with van der Waals surface area (Å²) < 4.78 is 0. The molecule has 0 radical (unpaired) electrons. The first kappa shape index (κ1) is 10.1. The smallest absolute Gasteiger partial charge is 0.326 e. The Balaban J connectivity index is 3.03. The summed E-state index contributed by atoms with van der Waals surface area (Å²) in [4.78, 5) is 9.50. The van der Waals surface area contributed by atoms with E-state index in [1.807, 2.05) is 6.07 Å². The third kappa shape index (κ3) is 0.988. The van der Waals surface area contributed by atoms with E-state index in [0.717, 1.165) is 0 Å². The van der Waals surface area contributed by atoms with Gasteiger partial charge in [0.1, 0.15) is 0 Å². The van der Waals surface area contributed by atoms with Gasteiger partial charge in [-0.05, 0) is 0 Å². The van der Waals surface area contributed by atoms with E-state index >= 15 is 0 Å². The highest BCUT2D eigenvalue weighted by atomic mass is 35.5. The van der Waals surface area contributed by atoms with Gasteiger partial charge in [0.2, 0.25) is 0 Å². The van der Waals surface area contributed by atoms with Crippen LogP contribution in [-0.2, 0) is 4.79 Å². The van der Waals surface area contributed by atoms with Gasteiger partial charge in [-0.3, -0.25) is 4.79 Å². The topological polar surface area (TPSA) is 61.1 Å². The van der Waals surface area contributed by atoms with Crippen LogP contribution in [0.1, 0.15) is 13.8 Å². The average molecular weight is 200 g/mol. The molecule has 1 rings (SSSR count). The summed E-state index contributed by atoms with van der Waals surface area (Å²) in [5.41, 5.74) is -0.352. The summed E-state index contributed by atoms with van der Waals surface area (Å²) in [6.45, 7) is 6.95. The van der Waals surface area contributed by atoms with Crippen molar-refractivity contribution in [1.82, 2.24) is 0 Å². The molecule has 0 aromatic carbocycles. The van der Waals surface area contributed by atoms with Crippen LogP contribution in [0.25, 0.3) is 0 Å². The Morgan fingerprint density at radius 2 is 2.15 bits per heavy atom. The quantitative estimate of drug-likeness (QED) is 0.545. The zero-order valence-corrected chi connectivity index (χ0v) is 8.22. The van der Waals surface area contributed by atoms with Gasteiger partial charge in [-0.1, -0.05) is 20.4 Å². The highest BCUT2D eigenvalue weighted by Gasteiger charge is 2.76. The number of halogens is 1. The Labute approximate surface area is 81.6 Å². The lowest BCUT2D eigenvalue weighted by atomic mass is 10.1. The number of carbonyl (C=O) groups is 1. The fourth-order valence-electron chi connectivity index (χ4n) is 1.85. The van der Waals surface area contributed by atoms with E-state index in [9.17, 15) is 4.79 Å². The molecule has 2 atom stereocenters. The molecular weight excluding hydrogens is 190 g/mol. The van der Waals surface area contributed by atoms with Crippen molar-refractivity contribution in [2.45, 2.75) is 18.7 Å². The lowest BCUT2D eigenvalue weighted by Crippen LogP contribution is -2.21. The molecule has 3 nitrogen and oxygen atoms in total. The van der Waals surface area contributed by atoms with Crippen molar-refractivity contribution in [3.05, 3.63) is 12.2 Å². The van der Waals surface area contributed by atoms with Gasteiger partial charge < -0.3 is 5.11 Å². The van der Waals surface area contributed by atoms with Crippen LogP contribution in [0.5, 0.6) is 0 Å². The molecule has 4 heteroatoms. The molecule has 1 N–H and O–H groups in total. The Bertz CT molecular complexity index is 329. The van der Waals surface area contributed by atoms with Gasteiger partial charge in [0.15, 0.2) is 4.87 Å². The summed E-state index contributed by atoms with van der Waals surface area (Å²) in [5, 5.41) is 17.5. The van der Waals surface area contributed by atoms with Crippen molar-refractivity contribution in [3.8, 4) is 6.07 Å². The molecular formula is C9H10ClNO2. The Hall–Kier alpha value is -1.01. The number of carboxylic acid groups (broad SMARTS) is 1. The number of hydrogen-bond acceptors (Lipinski definition) is 2. The molecule has 0 saturated heterocycles. The van der Waals surface area contributed by atoms with Crippen molar-refractivity contribution >= 4 is 17.6 Å². The average Bonchev–Trinajstić information content (AvgIpc) is 2.47. The molecule has 1 aliphatic carbocycles. The number of nitriles is 1. The third-order valence-corrected chi connectivity index (χ3v) is 3.64. The monoisotopic (exact) mass is 199 g/mol. The molecule has 0 spiro atoms. The molecule has 0 aliphatic heterocycles. The van der Waals surface area contributed by atoms with Crippen LogP contribution in [0.3, 0.4) is 0 Å². The minimum absolute atomic E-state index is 0.238. The maximum absolute atomic E-state index is 10.8. The lowest BCUT2D eigenvalue weighted by molar-refractivity contribution is -0.138. The summed E-state index contributed by atoms with van der Waals surface area (Å²) >= 11 is 5.90. The second-order valence-electron chi connectivity index (χ2n) is 3.81. The maximum Gasteiger partial charge on any atom is 0.326 e. The van der Waals surface area contributed by atoms with Crippen LogP contribution in [0.4, 0.5) is 0 Å². The molecule has 0 amide bonds. The first-order chi connectivity index (χ1) is 5.80. The maximum atomic E-state index is 10.8. The fourth-order valence-corrected chi connectivity index (χ4v) is 2.31. The van der Waals surface area contributed by atoms with Gasteiger partial charge in [0.25, 0.3) is 0 Å². The van der Waals surface area contributed by atoms with Crippen LogP contribution in [0.15, 0.2) is 12.2 Å². The number of aliphatic carboxylic acids is 1. The molecule has 0 aromatic heterocycles. The third-order valence-electron chi connectivity index (χ3n) is 2.78. The van der Waals surface area contributed by atoms with Crippen LogP contribution in [0.2, 0.25) is 0 Å². The summed E-state index contributed by atoms with van der Waals surface area (Å²) in [5.74, 6) is -1.54. The van der Waals surface area contributed by atoms with Gasteiger partial charge in [0.05, 0.1) is 6.07 Å². The molecule has 0 aromatic rings. The predicted octanol–water partition coefficient (Wildman–Crippen LogP) is 1.78. The first-order valence-corrected chi connectivity index (χ1v) is 4.19. The first-order valence-electron chi connectivity index (χ1n) is 3.81. The van der Waals surface area contributed by atoms with Crippen molar-refractivity contribution in [1.29, 1.82) is 5.26 Å². The molecule has 13 heavy (non-hydrogen) atoms. The Morgan fingerprint density at radius 1 is 1.69 bits per heavy atom. The van der Waals surface area contributed by atoms with Gasteiger partial charge in [-0.25, -0.2) is 0 Å². The van der Waals surface area contributed by atoms with E-state index in [2.05, 4.69) is 6.58 Å². The second kappa shape index (κ2) is 2.49. The van der Waals surface area contributed by atoms with E-state index in [0.29, 0.717) is 0 Å². The van der Waals surface area contributed by atoms with Gasteiger partial charge in [0, 0.05) is 16.9 Å². The van der Waals surface area contributed by atoms with E-state index in [4.69, 9.17) is 22.0 Å². The lowest BCUT2D eigenvalue weighted by Gasteiger charge is -2.03. The minimum Gasteiger partial charge on any atom is -0.480 e. The summed E-state index contributed by atoms with van der Waals surface area (Å²) in [6.07, 6.45) is 0. The van der Waals surface area contributed by atoms with Crippen molar-refractivity contribution in [2.75, 3.05) is 0 Å². The zero-order chi connectivity index (χ0) is 10.4. The minimum atomic E-state index is -1.35. The van der Waals surface area contributed by atoms with Crippen LogP contribution in [-0.4, -0.2) is 16.0 Å².